The molecule has 0 unspecified atom stereocenters. The summed E-state index contributed by atoms with van der Waals surface area (Å²) in [5.41, 5.74) is 0. The van der Waals surface area contributed by atoms with Gasteiger partial charge in [0, 0.05) is 25.5 Å². The summed E-state index contributed by atoms with van der Waals surface area (Å²) in [6, 6.07) is 0. The Kier molecular flexibility index (Phi) is 6.54. The molecule has 1 heterocycles. The van der Waals surface area contributed by atoms with Crippen LogP contribution in [0.1, 0.15) is 0 Å². The summed E-state index contributed by atoms with van der Waals surface area (Å²) in [6.45, 7) is 4.85. The number of ether oxygens (including phenoxy) is 1. The standard InChI is InChI=1S/C6H12ClNO.ClH/c7-1-2-8-3-5-9-6-4-8;/h1-6H2;1H/p-1. The van der Waals surface area contributed by atoms with Crippen LogP contribution >= 0.6 is 11.6 Å². The molecular weight excluding hydrogens is 173 g/mol. The van der Waals surface area contributed by atoms with Crippen molar-refractivity contribution in [1.82, 2.24) is 4.90 Å². The second-order valence-corrected chi connectivity index (χ2v) is 2.52. The third-order valence-corrected chi connectivity index (χ3v) is 1.67. The molecule has 0 aromatic rings. The fraction of sp³-hybridized carbons (Fsp3) is 1.00. The lowest BCUT2D eigenvalue weighted by Crippen LogP contribution is -3.00. The molecule has 4 heteroatoms. The maximum Gasteiger partial charge on any atom is 0.0594 e. The van der Waals surface area contributed by atoms with E-state index in [1.165, 1.54) is 0 Å². The van der Waals surface area contributed by atoms with Gasteiger partial charge >= 0.3 is 0 Å². The van der Waals surface area contributed by atoms with Crippen molar-refractivity contribution in [2.45, 2.75) is 0 Å². The fourth-order valence-electron chi connectivity index (χ4n) is 0.944. The van der Waals surface area contributed by atoms with Crippen molar-refractivity contribution in [3.05, 3.63) is 0 Å². The molecular formula is C6H12Cl2NO-. The monoisotopic (exact) mass is 184 g/mol. The quantitative estimate of drug-likeness (QED) is 0.443. The summed E-state index contributed by atoms with van der Waals surface area (Å²) >= 11 is 5.55. The van der Waals surface area contributed by atoms with Gasteiger partial charge in [0.15, 0.2) is 0 Å². The van der Waals surface area contributed by atoms with E-state index in [0.29, 0.717) is 0 Å². The summed E-state index contributed by atoms with van der Waals surface area (Å²) in [7, 11) is 0. The molecule has 0 bridgehead atoms. The fourth-order valence-corrected chi connectivity index (χ4v) is 1.18. The number of rotatable bonds is 2. The molecule has 0 N–H and O–H groups in total. The lowest BCUT2D eigenvalue weighted by Gasteiger charge is -2.25. The Bertz CT molecular complexity index is 73.4. The van der Waals surface area contributed by atoms with Crippen molar-refractivity contribution in [2.24, 2.45) is 0 Å². The molecule has 0 radical (unpaired) electrons. The van der Waals surface area contributed by atoms with E-state index >= 15 is 0 Å². The van der Waals surface area contributed by atoms with Gasteiger partial charge in [-0.25, -0.2) is 0 Å². The van der Waals surface area contributed by atoms with E-state index in [1.807, 2.05) is 0 Å². The Morgan fingerprint density at radius 2 is 1.90 bits per heavy atom. The summed E-state index contributed by atoms with van der Waals surface area (Å²) in [5.74, 6) is 0.736. The first-order valence-electron chi connectivity index (χ1n) is 3.29. The summed E-state index contributed by atoms with van der Waals surface area (Å²) in [5, 5.41) is 0. The van der Waals surface area contributed by atoms with Gasteiger partial charge in [-0.05, 0) is 0 Å². The van der Waals surface area contributed by atoms with Crippen LogP contribution in [0.3, 0.4) is 0 Å². The Labute approximate surface area is 72.9 Å². The minimum absolute atomic E-state index is 0. The van der Waals surface area contributed by atoms with E-state index in [9.17, 15) is 0 Å². The molecule has 1 rings (SSSR count). The third kappa shape index (κ3) is 3.62. The first-order chi connectivity index (χ1) is 4.43. The zero-order chi connectivity index (χ0) is 6.53. The van der Waals surface area contributed by atoms with Crippen LogP contribution in [0.2, 0.25) is 0 Å². The SMILES string of the molecule is ClCCN1CCOCC1.[Cl-]. The average molecular weight is 185 g/mol. The van der Waals surface area contributed by atoms with Crippen molar-refractivity contribution in [3.63, 3.8) is 0 Å². The Morgan fingerprint density at radius 3 is 2.40 bits per heavy atom. The molecule has 2 nitrogen and oxygen atoms in total. The number of hydrogen-bond acceptors (Lipinski definition) is 2. The van der Waals surface area contributed by atoms with E-state index in [0.717, 1.165) is 38.7 Å². The van der Waals surface area contributed by atoms with Gasteiger partial charge < -0.3 is 17.1 Å². The molecule has 10 heavy (non-hydrogen) atoms. The average Bonchev–Trinajstić information content (AvgIpc) is 1.91. The van der Waals surface area contributed by atoms with Gasteiger partial charge in [0.05, 0.1) is 13.2 Å². The third-order valence-electron chi connectivity index (χ3n) is 1.50. The van der Waals surface area contributed by atoms with Crippen molar-refractivity contribution in [2.75, 3.05) is 38.7 Å². The molecule has 0 amide bonds. The molecule has 0 aromatic heterocycles. The van der Waals surface area contributed by atoms with E-state index in [2.05, 4.69) is 4.90 Å². The second-order valence-electron chi connectivity index (χ2n) is 2.14. The van der Waals surface area contributed by atoms with E-state index < -0.39 is 0 Å². The van der Waals surface area contributed by atoms with Gasteiger partial charge in [-0.2, -0.15) is 0 Å². The van der Waals surface area contributed by atoms with Crippen LogP contribution in [0.15, 0.2) is 0 Å². The highest BCUT2D eigenvalue weighted by Crippen LogP contribution is 1.95. The van der Waals surface area contributed by atoms with Gasteiger partial charge in [0.1, 0.15) is 0 Å². The largest absolute Gasteiger partial charge is 1.00 e. The number of alkyl halides is 1. The Hall–Kier alpha value is 0.500. The molecule has 1 aliphatic rings. The van der Waals surface area contributed by atoms with Gasteiger partial charge in [-0.1, -0.05) is 0 Å². The van der Waals surface area contributed by atoms with Crippen molar-refractivity contribution in [1.29, 1.82) is 0 Å². The maximum absolute atomic E-state index is 5.55. The highest BCUT2D eigenvalue weighted by molar-refractivity contribution is 6.18. The van der Waals surface area contributed by atoms with Gasteiger partial charge in [0.25, 0.3) is 0 Å². The smallest absolute Gasteiger partial charge is 0.0594 e. The highest BCUT2D eigenvalue weighted by atomic mass is 35.5. The summed E-state index contributed by atoms with van der Waals surface area (Å²) in [4.78, 5) is 2.32. The van der Waals surface area contributed by atoms with Gasteiger partial charge in [-0.15, -0.1) is 11.6 Å². The molecule has 0 spiro atoms. The lowest BCUT2D eigenvalue weighted by atomic mass is 10.4. The first kappa shape index (κ1) is 10.5. The maximum atomic E-state index is 5.55. The Balaban J connectivity index is 0.000000810. The van der Waals surface area contributed by atoms with E-state index in [1.54, 1.807) is 0 Å². The number of halogens is 2. The number of nitrogens with zero attached hydrogens (tertiary/aromatic N) is 1. The van der Waals surface area contributed by atoms with Crippen molar-refractivity contribution >= 4 is 11.6 Å². The van der Waals surface area contributed by atoms with Crippen LogP contribution < -0.4 is 12.4 Å². The van der Waals surface area contributed by atoms with Crippen LogP contribution in [-0.4, -0.2) is 43.6 Å². The van der Waals surface area contributed by atoms with E-state index in [4.69, 9.17) is 16.3 Å². The van der Waals surface area contributed by atoms with Crippen LogP contribution in [-0.2, 0) is 4.74 Å². The molecule has 1 saturated heterocycles. The van der Waals surface area contributed by atoms with Gasteiger partial charge in [-0.3, -0.25) is 4.90 Å². The molecule has 0 aromatic carbocycles. The molecule has 1 fully saturated rings. The normalized spacial score (nSPS) is 20.1. The van der Waals surface area contributed by atoms with Crippen LogP contribution in [0.25, 0.3) is 0 Å². The minimum Gasteiger partial charge on any atom is -1.00 e. The summed E-state index contributed by atoms with van der Waals surface area (Å²) < 4.78 is 5.16. The first-order valence-corrected chi connectivity index (χ1v) is 3.83. The predicted molar refractivity (Wildman–Crippen MR) is 38.0 cm³/mol. The van der Waals surface area contributed by atoms with E-state index in [-0.39, 0.29) is 12.4 Å². The predicted octanol–water partition coefficient (Wildman–Crippen LogP) is -2.44. The molecule has 62 valence electrons. The molecule has 0 atom stereocenters. The zero-order valence-corrected chi connectivity index (χ0v) is 7.37. The van der Waals surface area contributed by atoms with Crippen molar-refractivity contribution < 1.29 is 17.1 Å². The lowest BCUT2D eigenvalue weighted by molar-refractivity contribution is -0.00000329. The number of hydrogen-bond donors (Lipinski definition) is 0. The topological polar surface area (TPSA) is 12.5 Å². The molecule has 1 aliphatic heterocycles. The minimum atomic E-state index is 0. The molecule has 0 aliphatic carbocycles. The zero-order valence-electron chi connectivity index (χ0n) is 5.85. The van der Waals surface area contributed by atoms with Crippen molar-refractivity contribution in [3.8, 4) is 0 Å². The van der Waals surface area contributed by atoms with Gasteiger partial charge in [0.2, 0.25) is 0 Å². The summed E-state index contributed by atoms with van der Waals surface area (Å²) in [6.07, 6.45) is 0. The Morgan fingerprint density at radius 1 is 1.30 bits per heavy atom. The highest BCUT2D eigenvalue weighted by Gasteiger charge is 2.07. The molecule has 0 saturated carbocycles. The second kappa shape index (κ2) is 6.23. The van der Waals surface area contributed by atoms with Crippen LogP contribution in [0.5, 0.6) is 0 Å². The van der Waals surface area contributed by atoms with Crippen LogP contribution in [0, 0.1) is 0 Å². The van der Waals surface area contributed by atoms with Crippen LogP contribution in [0.4, 0.5) is 0 Å². The number of morpholine rings is 1.